The summed E-state index contributed by atoms with van der Waals surface area (Å²) < 4.78 is 0. The number of anilines is 2. The summed E-state index contributed by atoms with van der Waals surface area (Å²) in [5.41, 5.74) is 0.357. The van der Waals surface area contributed by atoms with Crippen LogP contribution in [-0.4, -0.2) is 4.92 Å². The first kappa shape index (κ1) is 12.0. The van der Waals surface area contributed by atoms with Gasteiger partial charge in [-0.25, -0.2) is 4.90 Å². The van der Waals surface area contributed by atoms with Crippen molar-refractivity contribution in [1.82, 2.24) is 0 Å². The quantitative estimate of drug-likeness (QED) is 0.367. The molecule has 0 aliphatic rings. The summed E-state index contributed by atoms with van der Waals surface area (Å²) in [6.07, 6.45) is 15.3. The smallest absolute Gasteiger partial charge is 0.295 e. The minimum atomic E-state index is -0.575. The van der Waals surface area contributed by atoms with E-state index in [1.54, 1.807) is 0 Å². The van der Waals surface area contributed by atoms with Gasteiger partial charge in [0.2, 0.25) is 0 Å². The highest BCUT2D eigenvalue weighted by Crippen LogP contribution is 2.29. The van der Waals surface area contributed by atoms with E-state index in [1.165, 1.54) is 18.2 Å². The van der Waals surface area contributed by atoms with E-state index in [4.69, 9.17) is 19.3 Å². The van der Waals surface area contributed by atoms with Gasteiger partial charge in [-0.1, -0.05) is 19.3 Å². The van der Waals surface area contributed by atoms with Crippen LogP contribution in [0.4, 0.5) is 17.1 Å². The largest absolute Gasteiger partial charge is 0.309 e. The number of hydrogen-bond donors (Lipinski definition) is 1. The highest BCUT2D eigenvalue weighted by Gasteiger charge is 2.15. The first-order chi connectivity index (χ1) is 8.13. The zero-order chi connectivity index (χ0) is 12.8. The lowest BCUT2D eigenvalue weighted by Gasteiger charge is -2.09. The molecular formula is C12H7N3O2. The molecule has 1 N–H and O–H groups in total. The summed E-state index contributed by atoms with van der Waals surface area (Å²) >= 11 is 0. The molecule has 0 heterocycles. The van der Waals surface area contributed by atoms with Crippen molar-refractivity contribution in [3.63, 3.8) is 0 Å². The first-order valence-electron chi connectivity index (χ1n) is 4.36. The first-order valence-corrected chi connectivity index (χ1v) is 4.36. The minimum Gasteiger partial charge on any atom is -0.309 e. The second-order valence-electron chi connectivity index (χ2n) is 2.82. The van der Waals surface area contributed by atoms with Gasteiger partial charge in [0, 0.05) is 24.2 Å². The molecule has 1 aromatic rings. The molecule has 0 radical (unpaired) electrons. The van der Waals surface area contributed by atoms with E-state index in [0.29, 0.717) is 5.69 Å². The maximum absolute atomic E-state index is 10.8. The Kier molecular flexibility index (Phi) is 3.60. The standard InChI is InChI=1S/C12H7N3O2/c1-4-13-11-8-7-10(14(5-2)6-3)9-12(11)15(16)17/h1-3,7-9,13H. The number of nitrogens with one attached hydrogen (secondary N) is 1. The highest BCUT2D eigenvalue weighted by molar-refractivity contribution is 5.72. The Morgan fingerprint density at radius 2 is 1.94 bits per heavy atom. The molecule has 5 nitrogen and oxygen atoms in total. The number of nitrogens with zero attached hydrogens (tertiary/aromatic N) is 2. The van der Waals surface area contributed by atoms with Gasteiger partial charge in [0.1, 0.15) is 5.69 Å². The van der Waals surface area contributed by atoms with E-state index in [9.17, 15) is 10.1 Å². The van der Waals surface area contributed by atoms with Crippen LogP contribution in [0.1, 0.15) is 0 Å². The zero-order valence-electron chi connectivity index (χ0n) is 8.68. The van der Waals surface area contributed by atoms with Crippen LogP contribution < -0.4 is 10.2 Å². The molecule has 0 aliphatic heterocycles. The van der Waals surface area contributed by atoms with Crippen LogP contribution in [0.2, 0.25) is 0 Å². The van der Waals surface area contributed by atoms with Crippen molar-refractivity contribution in [3.8, 4) is 37.4 Å². The lowest BCUT2D eigenvalue weighted by atomic mass is 10.2. The Morgan fingerprint density at radius 1 is 1.29 bits per heavy atom. The second-order valence-corrected chi connectivity index (χ2v) is 2.82. The maximum Gasteiger partial charge on any atom is 0.295 e. The average molecular weight is 225 g/mol. The predicted molar refractivity (Wildman–Crippen MR) is 65.7 cm³/mol. The van der Waals surface area contributed by atoms with Crippen LogP contribution in [0, 0.1) is 47.5 Å². The molecule has 0 unspecified atom stereocenters. The number of terminal acetylenes is 3. The van der Waals surface area contributed by atoms with Crippen LogP contribution in [-0.2, 0) is 0 Å². The summed E-state index contributed by atoms with van der Waals surface area (Å²) in [5.74, 6) is 0. The number of benzene rings is 1. The molecule has 5 heteroatoms. The number of nitro groups is 1. The molecule has 0 saturated carbocycles. The molecule has 0 atom stereocenters. The van der Waals surface area contributed by atoms with E-state index in [0.717, 1.165) is 4.90 Å². The van der Waals surface area contributed by atoms with E-state index < -0.39 is 4.92 Å². The molecule has 1 rings (SSSR count). The van der Waals surface area contributed by atoms with Gasteiger partial charge in [-0.05, 0) is 12.1 Å². The second kappa shape index (κ2) is 5.11. The Labute approximate surface area is 98.6 Å². The van der Waals surface area contributed by atoms with Crippen molar-refractivity contribution in [2.75, 3.05) is 10.2 Å². The SMILES string of the molecule is C#CNc1ccc(N(C#C)C#C)cc1[N+](=O)[O-]. The number of hydrogen-bond acceptors (Lipinski definition) is 4. The van der Waals surface area contributed by atoms with Gasteiger partial charge in [-0.3, -0.25) is 10.1 Å². The summed E-state index contributed by atoms with van der Waals surface area (Å²) in [7, 11) is 0. The molecule has 0 aliphatic carbocycles. The third-order valence-electron chi connectivity index (χ3n) is 1.90. The molecule has 0 bridgehead atoms. The summed E-state index contributed by atoms with van der Waals surface area (Å²) in [6, 6.07) is 10.7. The van der Waals surface area contributed by atoms with Crippen LogP contribution >= 0.6 is 0 Å². The maximum atomic E-state index is 10.8. The number of rotatable bonds is 3. The van der Waals surface area contributed by atoms with E-state index in [2.05, 4.69) is 23.4 Å². The average Bonchev–Trinajstić information content (AvgIpc) is 2.32. The predicted octanol–water partition coefficient (Wildman–Crippen LogP) is 1.59. The Bertz CT molecular complexity index is 559. The van der Waals surface area contributed by atoms with Crippen LogP contribution in [0.5, 0.6) is 0 Å². The molecule has 0 fully saturated rings. The van der Waals surface area contributed by atoms with Crippen molar-refractivity contribution >= 4 is 17.1 Å². The third-order valence-corrected chi connectivity index (χ3v) is 1.90. The molecular weight excluding hydrogens is 218 g/mol. The molecule has 0 spiro atoms. The Balaban J connectivity index is 3.30. The van der Waals surface area contributed by atoms with E-state index in [1.807, 2.05) is 0 Å². The van der Waals surface area contributed by atoms with Crippen molar-refractivity contribution in [2.45, 2.75) is 0 Å². The van der Waals surface area contributed by atoms with Gasteiger partial charge in [0.15, 0.2) is 0 Å². The van der Waals surface area contributed by atoms with Crippen LogP contribution in [0.25, 0.3) is 0 Å². The fourth-order valence-corrected chi connectivity index (χ4v) is 1.18. The van der Waals surface area contributed by atoms with Gasteiger partial charge < -0.3 is 5.32 Å². The van der Waals surface area contributed by atoms with Crippen molar-refractivity contribution in [1.29, 1.82) is 0 Å². The fraction of sp³-hybridized carbons (Fsp3) is 0. The normalized spacial score (nSPS) is 8.29. The monoisotopic (exact) mass is 225 g/mol. The van der Waals surface area contributed by atoms with E-state index >= 15 is 0 Å². The number of nitro benzene ring substituents is 1. The lowest BCUT2D eigenvalue weighted by Crippen LogP contribution is -2.08. The molecule has 82 valence electrons. The summed E-state index contributed by atoms with van der Waals surface area (Å²) in [6.45, 7) is 0. The van der Waals surface area contributed by atoms with Crippen molar-refractivity contribution in [3.05, 3.63) is 28.3 Å². The minimum absolute atomic E-state index is 0.198. The van der Waals surface area contributed by atoms with Crippen molar-refractivity contribution in [2.24, 2.45) is 0 Å². The fourth-order valence-electron chi connectivity index (χ4n) is 1.18. The third kappa shape index (κ3) is 2.47. The Hall–Kier alpha value is -3.10. The van der Waals surface area contributed by atoms with Gasteiger partial charge in [0.25, 0.3) is 5.69 Å². The lowest BCUT2D eigenvalue weighted by molar-refractivity contribution is -0.383. The summed E-state index contributed by atoms with van der Waals surface area (Å²) in [4.78, 5) is 11.3. The topological polar surface area (TPSA) is 58.4 Å². The van der Waals surface area contributed by atoms with Gasteiger partial charge in [-0.15, -0.1) is 0 Å². The Morgan fingerprint density at radius 3 is 2.41 bits per heavy atom. The van der Waals surface area contributed by atoms with Crippen LogP contribution in [0.15, 0.2) is 18.2 Å². The molecule has 17 heavy (non-hydrogen) atoms. The zero-order valence-corrected chi connectivity index (χ0v) is 8.68. The van der Waals surface area contributed by atoms with Gasteiger partial charge in [0.05, 0.1) is 10.6 Å². The molecule has 1 aromatic carbocycles. The van der Waals surface area contributed by atoms with Crippen molar-refractivity contribution < 1.29 is 4.92 Å². The highest BCUT2D eigenvalue weighted by atomic mass is 16.6. The molecule has 0 saturated heterocycles. The van der Waals surface area contributed by atoms with Gasteiger partial charge >= 0.3 is 0 Å². The van der Waals surface area contributed by atoms with Crippen LogP contribution in [0.3, 0.4) is 0 Å². The molecule has 0 amide bonds. The molecule has 0 aromatic heterocycles. The summed E-state index contributed by atoms with van der Waals surface area (Å²) in [5, 5.41) is 13.2. The van der Waals surface area contributed by atoms with E-state index in [-0.39, 0.29) is 11.4 Å². The van der Waals surface area contributed by atoms with Gasteiger partial charge in [-0.2, -0.15) is 0 Å².